The Bertz CT molecular complexity index is 464. The summed E-state index contributed by atoms with van der Waals surface area (Å²) in [5, 5.41) is 6.44. The SMILES string of the molecule is CCC(CNC(=O)C1CCCNC1)Cc1cccc(Br)c1.Cl. The molecule has 1 heterocycles. The summed E-state index contributed by atoms with van der Waals surface area (Å²) in [4.78, 5) is 12.2. The van der Waals surface area contributed by atoms with Gasteiger partial charge >= 0.3 is 0 Å². The van der Waals surface area contributed by atoms with Gasteiger partial charge in [0.2, 0.25) is 5.91 Å². The summed E-state index contributed by atoms with van der Waals surface area (Å²) in [6.45, 7) is 4.84. The molecule has 1 aliphatic heterocycles. The molecule has 5 heteroatoms. The molecule has 2 N–H and O–H groups in total. The second-order valence-corrected chi connectivity index (χ2v) is 6.81. The second-order valence-electron chi connectivity index (χ2n) is 5.90. The van der Waals surface area contributed by atoms with Crippen LogP contribution in [0.25, 0.3) is 0 Å². The number of amides is 1. The average molecular weight is 390 g/mol. The van der Waals surface area contributed by atoms with E-state index in [9.17, 15) is 4.79 Å². The summed E-state index contributed by atoms with van der Waals surface area (Å²) in [5.74, 6) is 0.872. The van der Waals surface area contributed by atoms with Gasteiger partial charge in [-0.2, -0.15) is 0 Å². The molecule has 0 aliphatic carbocycles. The topological polar surface area (TPSA) is 41.1 Å². The highest BCUT2D eigenvalue weighted by atomic mass is 79.9. The Morgan fingerprint density at radius 2 is 2.32 bits per heavy atom. The molecule has 2 atom stereocenters. The maximum absolute atomic E-state index is 12.2. The Morgan fingerprint density at radius 3 is 2.95 bits per heavy atom. The van der Waals surface area contributed by atoms with E-state index in [1.807, 2.05) is 6.07 Å². The van der Waals surface area contributed by atoms with E-state index in [1.54, 1.807) is 0 Å². The lowest BCUT2D eigenvalue weighted by molar-refractivity contribution is -0.125. The normalized spacial score (nSPS) is 19.1. The number of carbonyl (C=O) groups is 1. The molecule has 0 bridgehead atoms. The van der Waals surface area contributed by atoms with E-state index in [0.717, 1.165) is 49.8 Å². The van der Waals surface area contributed by atoms with Crippen molar-refractivity contribution < 1.29 is 4.79 Å². The van der Waals surface area contributed by atoms with Crippen molar-refractivity contribution in [2.45, 2.75) is 32.6 Å². The molecule has 0 saturated carbocycles. The van der Waals surface area contributed by atoms with Crippen molar-refractivity contribution in [2.24, 2.45) is 11.8 Å². The minimum absolute atomic E-state index is 0. The number of rotatable bonds is 6. The quantitative estimate of drug-likeness (QED) is 0.781. The standard InChI is InChI=1S/C17H25BrN2O.ClH/c1-2-13(9-14-5-3-7-16(18)10-14)11-20-17(21)15-6-4-8-19-12-15;/h3,5,7,10,13,15,19H,2,4,6,8-9,11-12H2,1H3,(H,20,21);1H. The van der Waals surface area contributed by atoms with Crippen LogP contribution in [0.3, 0.4) is 0 Å². The number of hydrogen-bond acceptors (Lipinski definition) is 2. The lowest BCUT2D eigenvalue weighted by Crippen LogP contribution is -2.42. The van der Waals surface area contributed by atoms with Crippen LogP contribution in [-0.4, -0.2) is 25.5 Å². The lowest BCUT2D eigenvalue weighted by atomic mass is 9.95. The highest BCUT2D eigenvalue weighted by molar-refractivity contribution is 9.10. The Hall–Kier alpha value is -0.580. The van der Waals surface area contributed by atoms with Gasteiger partial charge in [-0.05, 0) is 49.4 Å². The molecule has 0 radical (unpaired) electrons. The molecule has 1 aliphatic rings. The summed E-state index contributed by atoms with van der Waals surface area (Å²) in [6.07, 6.45) is 4.21. The Kier molecular flexibility index (Phi) is 9.06. The molecule has 1 amide bonds. The van der Waals surface area contributed by atoms with Crippen LogP contribution in [0.1, 0.15) is 31.7 Å². The molecule has 3 nitrogen and oxygen atoms in total. The first-order valence-corrected chi connectivity index (χ1v) is 8.71. The molecule has 1 fully saturated rings. The maximum Gasteiger partial charge on any atom is 0.224 e. The number of benzene rings is 1. The Morgan fingerprint density at radius 1 is 1.50 bits per heavy atom. The zero-order chi connectivity index (χ0) is 15.1. The number of piperidine rings is 1. The monoisotopic (exact) mass is 388 g/mol. The van der Waals surface area contributed by atoms with Crippen LogP contribution in [0, 0.1) is 11.8 Å². The van der Waals surface area contributed by atoms with Crippen molar-refractivity contribution >= 4 is 34.2 Å². The molecule has 0 spiro atoms. The van der Waals surface area contributed by atoms with E-state index >= 15 is 0 Å². The van der Waals surface area contributed by atoms with Gasteiger partial charge in [0.25, 0.3) is 0 Å². The van der Waals surface area contributed by atoms with Crippen molar-refractivity contribution in [1.29, 1.82) is 0 Å². The fourth-order valence-corrected chi connectivity index (χ4v) is 3.27. The summed E-state index contributed by atoms with van der Waals surface area (Å²) < 4.78 is 1.12. The molecule has 2 rings (SSSR count). The van der Waals surface area contributed by atoms with Crippen LogP contribution < -0.4 is 10.6 Å². The predicted octanol–water partition coefficient (Wildman–Crippen LogP) is 3.56. The van der Waals surface area contributed by atoms with Crippen LogP contribution in [0.2, 0.25) is 0 Å². The molecule has 0 aromatic heterocycles. The van der Waals surface area contributed by atoms with E-state index in [1.165, 1.54) is 5.56 Å². The van der Waals surface area contributed by atoms with E-state index in [4.69, 9.17) is 0 Å². The first-order chi connectivity index (χ1) is 10.2. The third-order valence-corrected chi connectivity index (χ3v) is 4.72. The number of carbonyl (C=O) groups excluding carboxylic acids is 1. The predicted molar refractivity (Wildman–Crippen MR) is 97.5 cm³/mol. The molecule has 1 aromatic carbocycles. The van der Waals surface area contributed by atoms with Crippen LogP contribution in [-0.2, 0) is 11.2 Å². The van der Waals surface area contributed by atoms with E-state index in [-0.39, 0.29) is 24.2 Å². The van der Waals surface area contributed by atoms with Crippen molar-refractivity contribution in [3.8, 4) is 0 Å². The molecule has 2 unspecified atom stereocenters. The van der Waals surface area contributed by atoms with Gasteiger partial charge in [-0.3, -0.25) is 4.79 Å². The molecule has 124 valence electrons. The zero-order valence-corrected chi connectivity index (χ0v) is 15.5. The van der Waals surface area contributed by atoms with Gasteiger partial charge in [-0.15, -0.1) is 12.4 Å². The number of halogens is 2. The zero-order valence-electron chi connectivity index (χ0n) is 13.1. The van der Waals surface area contributed by atoms with Gasteiger partial charge in [-0.1, -0.05) is 41.4 Å². The van der Waals surface area contributed by atoms with E-state index < -0.39 is 0 Å². The summed E-state index contributed by atoms with van der Waals surface area (Å²) in [7, 11) is 0. The lowest BCUT2D eigenvalue weighted by Gasteiger charge is -2.23. The highest BCUT2D eigenvalue weighted by Crippen LogP contribution is 2.17. The Labute approximate surface area is 148 Å². The fraction of sp³-hybridized carbons (Fsp3) is 0.588. The second kappa shape index (κ2) is 10.2. The van der Waals surface area contributed by atoms with E-state index in [0.29, 0.717) is 5.92 Å². The largest absolute Gasteiger partial charge is 0.356 e. The van der Waals surface area contributed by atoms with Crippen LogP contribution in [0.4, 0.5) is 0 Å². The molecule has 22 heavy (non-hydrogen) atoms. The van der Waals surface area contributed by atoms with Gasteiger partial charge in [0.1, 0.15) is 0 Å². The van der Waals surface area contributed by atoms with Crippen molar-refractivity contribution in [3.05, 3.63) is 34.3 Å². The highest BCUT2D eigenvalue weighted by Gasteiger charge is 2.21. The molecular weight excluding hydrogens is 364 g/mol. The minimum atomic E-state index is 0. The average Bonchev–Trinajstić information content (AvgIpc) is 2.52. The van der Waals surface area contributed by atoms with Crippen LogP contribution in [0.15, 0.2) is 28.7 Å². The van der Waals surface area contributed by atoms with Gasteiger partial charge in [-0.25, -0.2) is 0 Å². The fourth-order valence-electron chi connectivity index (χ4n) is 2.82. The maximum atomic E-state index is 12.2. The van der Waals surface area contributed by atoms with Crippen molar-refractivity contribution in [2.75, 3.05) is 19.6 Å². The first kappa shape index (κ1) is 19.5. The number of hydrogen-bond donors (Lipinski definition) is 2. The van der Waals surface area contributed by atoms with E-state index in [2.05, 4.69) is 51.7 Å². The first-order valence-electron chi connectivity index (χ1n) is 7.92. The third-order valence-electron chi connectivity index (χ3n) is 4.22. The molecule has 1 aromatic rings. The van der Waals surface area contributed by atoms with Gasteiger partial charge in [0.05, 0.1) is 5.92 Å². The number of nitrogens with one attached hydrogen (secondary N) is 2. The van der Waals surface area contributed by atoms with Crippen LogP contribution >= 0.6 is 28.3 Å². The summed E-state index contributed by atoms with van der Waals surface area (Å²) in [5.41, 5.74) is 1.32. The van der Waals surface area contributed by atoms with Gasteiger partial charge in [0, 0.05) is 17.6 Å². The third kappa shape index (κ3) is 6.27. The van der Waals surface area contributed by atoms with Gasteiger partial charge in [0.15, 0.2) is 0 Å². The van der Waals surface area contributed by atoms with Crippen LogP contribution in [0.5, 0.6) is 0 Å². The molecule has 1 saturated heterocycles. The van der Waals surface area contributed by atoms with Crippen molar-refractivity contribution in [3.63, 3.8) is 0 Å². The summed E-state index contributed by atoms with van der Waals surface area (Å²) >= 11 is 3.51. The Balaban J connectivity index is 0.00000242. The summed E-state index contributed by atoms with van der Waals surface area (Å²) in [6, 6.07) is 8.43. The smallest absolute Gasteiger partial charge is 0.224 e. The van der Waals surface area contributed by atoms with Crippen molar-refractivity contribution in [1.82, 2.24) is 10.6 Å². The van der Waals surface area contributed by atoms with Gasteiger partial charge < -0.3 is 10.6 Å². The molecular formula is C17H26BrClN2O. The minimum Gasteiger partial charge on any atom is -0.356 e.